The highest BCUT2D eigenvalue weighted by Gasteiger charge is 2.11. The number of hydrogen-bond acceptors (Lipinski definition) is 3. The third-order valence-electron chi connectivity index (χ3n) is 2.45. The molecule has 0 saturated carbocycles. The van der Waals surface area contributed by atoms with Gasteiger partial charge in [-0.1, -0.05) is 15.9 Å². The van der Waals surface area contributed by atoms with Gasteiger partial charge in [-0.25, -0.2) is 4.98 Å². The molecule has 0 atom stereocenters. The van der Waals surface area contributed by atoms with Crippen LogP contribution in [0, 0.1) is 10.5 Å². The summed E-state index contributed by atoms with van der Waals surface area (Å²) in [6.45, 7) is 1.81. The summed E-state index contributed by atoms with van der Waals surface area (Å²) in [4.78, 5) is 18.9. The van der Waals surface area contributed by atoms with E-state index in [1.807, 2.05) is 47.7 Å². The number of hydrogen-bond donors (Lipinski definition) is 1. The molecule has 0 radical (unpaired) electrons. The van der Waals surface area contributed by atoms with Crippen LogP contribution in [0.3, 0.4) is 0 Å². The first-order valence-corrected chi connectivity index (χ1v) is 7.00. The molecule has 2 rings (SSSR count). The van der Waals surface area contributed by atoms with Gasteiger partial charge >= 0.3 is 0 Å². The zero-order chi connectivity index (χ0) is 13.3. The Bertz CT molecular complexity index is 655. The van der Waals surface area contributed by atoms with Crippen molar-refractivity contribution in [3.63, 3.8) is 0 Å². The highest BCUT2D eigenvalue weighted by atomic mass is 127. The molecule has 94 valence electrons. The van der Waals surface area contributed by atoms with Gasteiger partial charge in [-0.2, -0.15) is 0 Å². The van der Waals surface area contributed by atoms with E-state index in [-0.39, 0.29) is 5.56 Å². The van der Waals surface area contributed by atoms with E-state index in [2.05, 4.69) is 25.9 Å². The van der Waals surface area contributed by atoms with Crippen LogP contribution in [-0.2, 0) is 0 Å². The van der Waals surface area contributed by atoms with Crippen LogP contribution < -0.4 is 10.3 Å². The Kier molecular flexibility index (Phi) is 4.06. The first-order chi connectivity index (χ1) is 8.52. The van der Waals surface area contributed by atoms with Crippen LogP contribution in [0.25, 0.3) is 11.4 Å². The minimum absolute atomic E-state index is 0.139. The average molecular weight is 421 g/mol. The first kappa shape index (κ1) is 13.5. The smallest absolute Gasteiger partial charge is 0.264 e. The minimum atomic E-state index is -0.139. The second kappa shape index (κ2) is 5.40. The Morgan fingerprint density at radius 1 is 1.44 bits per heavy atom. The van der Waals surface area contributed by atoms with Crippen molar-refractivity contribution < 1.29 is 4.74 Å². The number of aromatic nitrogens is 2. The van der Waals surface area contributed by atoms with E-state index < -0.39 is 0 Å². The van der Waals surface area contributed by atoms with Crippen LogP contribution in [0.4, 0.5) is 0 Å². The lowest BCUT2D eigenvalue weighted by Crippen LogP contribution is -2.14. The van der Waals surface area contributed by atoms with Gasteiger partial charge < -0.3 is 9.72 Å². The highest BCUT2D eigenvalue weighted by Crippen LogP contribution is 2.30. The molecule has 2 aromatic rings. The molecule has 0 spiro atoms. The van der Waals surface area contributed by atoms with Crippen molar-refractivity contribution in [3.05, 3.63) is 42.3 Å². The molecule has 0 saturated heterocycles. The molecule has 4 nitrogen and oxygen atoms in total. The van der Waals surface area contributed by atoms with Gasteiger partial charge in [0.15, 0.2) is 0 Å². The average Bonchev–Trinajstić information content (AvgIpc) is 2.35. The lowest BCUT2D eigenvalue weighted by Gasteiger charge is -2.09. The van der Waals surface area contributed by atoms with Crippen LogP contribution in [0.1, 0.15) is 5.69 Å². The molecule has 0 aliphatic heterocycles. The maximum atomic E-state index is 11.8. The summed E-state index contributed by atoms with van der Waals surface area (Å²) in [5.74, 6) is 1.18. The SMILES string of the molecule is COc1ccc(Br)cc1-c1nc(C)c(I)c(=O)[nH]1. The predicted octanol–water partition coefficient (Wildman–Crippen LogP) is 3.12. The topological polar surface area (TPSA) is 55.0 Å². The molecule has 6 heteroatoms. The fourth-order valence-corrected chi connectivity index (χ4v) is 2.18. The van der Waals surface area contributed by atoms with Crippen LogP contribution in [0.15, 0.2) is 27.5 Å². The molecule has 1 aromatic heterocycles. The van der Waals surface area contributed by atoms with E-state index in [0.717, 1.165) is 10.0 Å². The Labute approximate surface area is 126 Å². The molecular formula is C12H10BrIN2O2. The number of ether oxygens (including phenoxy) is 1. The number of nitrogens with one attached hydrogen (secondary N) is 1. The summed E-state index contributed by atoms with van der Waals surface area (Å²) in [7, 11) is 1.59. The lowest BCUT2D eigenvalue weighted by atomic mass is 10.2. The second-order valence-corrected chi connectivity index (χ2v) is 5.65. The zero-order valence-corrected chi connectivity index (χ0v) is 13.5. The Hall–Kier alpha value is -0.890. The molecule has 0 aliphatic rings. The van der Waals surface area contributed by atoms with Gasteiger partial charge in [0.2, 0.25) is 0 Å². The summed E-state index contributed by atoms with van der Waals surface area (Å²) < 4.78 is 6.78. The Morgan fingerprint density at radius 2 is 2.17 bits per heavy atom. The summed E-state index contributed by atoms with van der Waals surface area (Å²) in [5.41, 5.74) is 1.32. The van der Waals surface area contributed by atoms with Gasteiger partial charge in [0.05, 0.1) is 21.9 Å². The van der Waals surface area contributed by atoms with Gasteiger partial charge in [0.1, 0.15) is 11.6 Å². The number of benzene rings is 1. The normalized spacial score (nSPS) is 10.4. The molecule has 0 aliphatic carbocycles. The van der Waals surface area contributed by atoms with Crippen molar-refractivity contribution >= 4 is 38.5 Å². The van der Waals surface area contributed by atoms with Crippen molar-refractivity contribution in [2.24, 2.45) is 0 Å². The summed E-state index contributed by atoms with van der Waals surface area (Å²) in [6, 6.07) is 5.57. The van der Waals surface area contributed by atoms with E-state index in [4.69, 9.17) is 4.74 Å². The van der Waals surface area contributed by atoms with Crippen LogP contribution in [0.5, 0.6) is 5.75 Å². The quantitative estimate of drug-likeness (QED) is 0.759. The van der Waals surface area contributed by atoms with Crippen LogP contribution >= 0.6 is 38.5 Å². The number of nitrogens with zero attached hydrogens (tertiary/aromatic N) is 1. The van der Waals surface area contributed by atoms with Gasteiger partial charge in [-0.05, 0) is 47.7 Å². The molecule has 0 fully saturated rings. The van der Waals surface area contributed by atoms with Gasteiger partial charge in [-0.15, -0.1) is 0 Å². The molecule has 18 heavy (non-hydrogen) atoms. The van der Waals surface area contributed by atoms with Crippen molar-refractivity contribution in [1.29, 1.82) is 0 Å². The summed E-state index contributed by atoms with van der Waals surface area (Å²) >= 11 is 5.38. The lowest BCUT2D eigenvalue weighted by molar-refractivity contribution is 0.416. The number of halogens is 2. The monoisotopic (exact) mass is 420 g/mol. The Balaban J connectivity index is 2.69. The van der Waals surface area contributed by atoms with Crippen molar-refractivity contribution in [1.82, 2.24) is 9.97 Å². The molecule has 1 aromatic carbocycles. The Morgan fingerprint density at radius 3 is 2.78 bits per heavy atom. The number of aromatic amines is 1. The number of H-pyrrole nitrogens is 1. The van der Waals surface area contributed by atoms with Crippen molar-refractivity contribution in [2.45, 2.75) is 6.92 Å². The maximum absolute atomic E-state index is 11.8. The number of rotatable bonds is 2. The van der Waals surface area contributed by atoms with E-state index in [1.54, 1.807) is 7.11 Å². The van der Waals surface area contributed by atoms with E-state index in [1.165, 1.54) is 0 Å². The van der Waals surface area contributed by atoms with Crippen molar-refractivity contribution in [3.8, 4) is 17.1 Å². The van der Waals surface area contributed by atoms with E-state index in [0.29, 0.717) is 20.8 Å². The summed E-state index contributed by atoms with van der Waals surface area (Å²) in [5, 5.41) is 0. The molecule has 1 N–H and O–H groups in total. The molecule has 0 amide bonds. The van der Waals surface area contributed by atoms with Gasteiger partial charge in [0.25, 0.3) is 5.56 Å². The fraction of sp³-hybridized carbons (Fsp3) is 0.167. The predicted molar refractivity (Wildman–Crippen MR) is 82.0 cm³/mol. The second-order valence-electron chi connectivity index (χ2n) is 3.66. The maximum Gasteiger partial charge on any atom is 0.264 e. The zero-order valence-electron chi connectivity index (χ0n) is 9.75. The number of methoxy groups -OCH3 is 1. The minimum Gasteiger partial charge on any atom is -0.496 e. The van der Waals surface area contributed by atoms with Crippen LogP contribution in [0.2, 0.25) is 0 Å². The molecule has 0 bridgehead atoms. The largest absolute Gasteiger partial charge is 0.496 e. The fourth-order valence-electron chi connectivity index (χ4n) is 1.56. The van der Waals surface area contributed by atoms with Gasteiger partial charge in [0, 0.05) is 4.47 Å². The molecular weight excluding hydrogens is 411 g/mol. The van der Waals surface area contributed by atoms with Crippen LogP contribution in [-0.4, -0.2) is 17.1 Å². The standard InChI is InChI=1S/C12H10BrIN2O2/c1-6-10(14)12(17)16-11(15-6)8-5-7(13)3-4-9(8)18-2/h3-5H,1-2H3,(H,15,16,17). The molecule has 1 heterocycles. The third kappa shape index (κ3) is 2.59. The van der Waals surface area contributed by atoms with Crippen molar-refractivity contribution in [2.75, 3.05) is 7.11 Å². The molecule has 0 unspecified atom stereocenters. The van der Waals surface area contributed by atoms with E-state index in [9.17, 15) is 4.79 Å². The highest BCUT2D eigenvalue weighted by molar-refractivity contribution is 14.1. The first-order valence-electron chi connectivity index (χ1n) is 5.13. The number of aryl methyl sites for hydroxylation is 1. The van der Waals surface area contributed by atoms with E-state index >= 15 is 0 Å². The summed E-state index contributed by atoms with van der Waals surface area (Å²) in [6.07, 6.45) is 0. The van der Waals surface area contributed by atoms with Gasteiger partial charge in [-0.3, -0.25) is 4.79 Å². The third-order valence-corrected chi connectivity index (χ3v) is 4.21.